The van der Waals surface area contributed by atoms with E-state index in [-0.39, 0.29) is 0 Å². The van der Waals surface area contributed by atoms with Gasteiger partial charge >= 0.3 is 0 Å². The molecule has 0 radical (unpaired) electrons. The number of hydrogen-bond acceptors (Lipinski definition) is 5. The second-order valence-electron chi connectivity index (χ2n) is 2.81. The molecule has 2 atom stereocenters. The third kappa shape index (κ3) is 1.97. The van der Waals surface area contributed by atoms with E-state index in [9.17, 15) is 0 Å². The van der Waals surface area contributed by atoms with Crippen LogP contribution in [0, 0.1) is 0 Å². The van der Waals surface area contributed by atoms with Crippen molar-refractivity contribution in [3.8, 4) is 0 Å². The zero-order valence-electron chi connectivity index (χ0n) is 8.85. The SMILES string of the molecule is COC(OC)[C@@]1(OC)C=C[C@@H](OC)O1. The molecule has 0 aliphatic carbocycles. The molecule has 0 unspecified atom stereocenters. The Morgan fingerprint density at radius 1 is 1.21 bits per heavy atom. The summed E-state index contributed by atoms with van der Waals surface area (Å²) in [7, 11) is 6.11. The highest BCUT2D eigenvalue weighted by atomic mass is 16.8. The highest BCUT2D eigenvalue weighted by Gasteiger charge is 2.44. The Labute approximate surface area is 83.5 Å². The van der Waals surface area contributed by atoms with E-state index in [1.165, 1.54) is 21.3 Å². The van der Waals surface area contributed by atoms with E-state index >= 15 is 0 Å². The maximum atomic E-state index is 5.49. The quantitative estimate of drug-likeness (QED) is 0.482. The molecular formula is C9H16O5. The molecule has 0 N–H and O–H groups in total. The highest BCUT2D eigenvalue weighted by Crippen LogP contribution is 2.29. The molecule has 1 aliphatic rings. The van der Waals surface area contributed by atoms with Crippen molar-refractivity contribution in [3.63, 3.8) is 0 Å². The van der Waals surface area contributed by atoms with Gasteiger partial charge in [0.05, 0.1) is 0 Å². The van der Waals surface area contributed by atoms with E-state index in [2.05, 4.69) is 0 Å². The number of methoxy groups -OCH3 is 4. The Balaban J connectivity index is 2.74. The van der Waals surface area contributed by atoms with Gasteiger partial charge in [-0.15, -0.1) is 0 Å². The molecule has 1 heterocycles. The first-order valence-corrected chi connectivity index (χ1v) is 4.23. The third-order valence-electron chi connectivity index (χ3n) is 2.09. The van der Waals surface area contributed by atoms with Crippen LogP contribution in [0.1, 0.15) is 0 Å². The summed E-state index contributed by atoms with van der Waals surface area (Å²) in [6.45, 7) is 0. The summed E-state index contributed by atoms with van der Waals surface area (Å²) in [6.07, 6.45) is 2.42. The van der Waals surface area contributed by atoms with E-state index in [0.29, 0.717) is 0 Å². The van der Waals surface area contributed by atoms with Crippen LogP contribution in [0.3, 0.4) is 0 Å². The lowest BCUT2D eigenvalue weighted by atomic mass is 10.2. The summed E-state index contributed by atoms with van der Waals surface area (Å²) in [6, 6.07) is 0. The monoisotopic (exact) mass is 204 g/mol. The first-order chi connectivity index (χ1) is 6.72. The Morgan fingerprint density at radius 3 is 2.21 bits per heavy atom. The van der Waals surface area contributed by atoms with E-state index in [0.717, 1.165) is 0 Å². The summed E-state index contributed by atoms with van der Waals surface area (Å²) < 4.78 is 25.9. The van der Waals surface area contributed by atoms with Crippen molar-refractivity contribution < 1.29 is 23.7 Å². The van der Waals surface area contributed by atoms with Crippen molar-refractivity contribution in [1.82, 2.24) is 0 Å². The van der Waals surface area contributed by atoms with Crippen LogP contribution in [0.25, 0.3) is 0 Å². The minimum atomic E-state index is -1.02. The van der Waals surface area contributed by atoms with Crippen LogP contribution in [0.4, 0.5) is 0 Å². The molecule has 0 aromatic carbocycles. The van der Waals surface area contributed by atoms with Crippen LogP contribution in [-0.2, 0) is 23.7 Å². The predicted octanol–water partition coefficient (Wildman–Crippen LogP) is 0.507. The van der Waals surface area contributed by atoms with Gasteiger partial charge in [0.1, 0.15) is 0 Å². The minimum absolute atomic E-state index is 0.428. The highest BCUT2D eigenvalue weighted by molar-refractivity contribution is 5.06. The van der Waals surface area contributed by atoms with E-state index in [4.69, 9.17) is 23.7 Å². The van der Waals surface area contributed by atoms with Gasteiger partial charge < -0.3 is 23.7 Å². The maximum Gasteiger partial charge on any atom is 0.243 e. The smallest absolute Gasteiger partial charge is 0.243 e. The fourth-order valence-electron chi connectivity index (χ4n) is 1.37. The molecule has 0 spiro atoms. The van der Waals surface area contributed by atoms with Gasteiger partial charge in [0.15, 0.2) is 6.29 Å². The van der Waals surface area contributed by atoms with Gasteiger partial charge in [-0.1, -0.05) is 0 Å². The van der Waals surface area contributed by atoms with Crippen LogP contribution in [0.15, 0.2) is 12.2 Å². The Kier molecular flexibility index (Phi) is 4.03. The molecule has 0 saturated heterocycles. The zero-order valence-corrected chi connectivity index (χ0v) is 8.85. The summed E-state index contributed by atoms with van der Waals surface area (Å²) in [5.41, 5.74) is 0. The van der Waals surface area contributed by atoms with E-state index in [1.54, 1.807) is 19.3 Å². The molecule has 0 saturated carbocycles. The van der Waals surface area contributed by atoms with Crippen LogP contribution in [0.2, 0.25) is 0 Å². The van der Waals surface area contributed by atoms with Crippen molar-refractivity contribution in [2.75, 3.05) is 28.4 Å². The fourth-order valence-corrected chi connectivity index (χ4v) is 1.37. The lowest BCUT2D eigenvalue weighted by molar-refractivity contribution is -0.332. The van der Waals surface area contributed by atoms with Gasteiger partial charge in [0, 0.05) is 28.4 Å². The number of rotatable bonds is 5. The Hall–Kier alpha value is -0.460. The van der Waals surface area contributed by atoms with Crippen molar-refractivity contribution in [2.24, 2.45) is 0 Å². The summed E-state index contributed by atoms with van der Waals surface area (Å²) in [4.78, 5) is 0. The second-order valence-corrected chi connectivity index (χ2v) is 2.81. The number of hydrogen-bond donors (Lipinski definition) is 0. The molecule has 5 heteroatoms. The summed E-state index contributed by atoms with van der Waals surface area (Å²) >= 11 is 0. The molecule has 82 valence electrons. The molecule has 0 amide bonds. The first-order valence-electron chi connectivity index (χ1n) is 4.23. The molecule has 1 rings (SSSR count). The molecule has 0 fully saturated rings. The minimum Gasteiger partial charge on any atom is -0.352 e. The zero-order chi connectivity index (χ0) is 10.6. The normalized spacial score (nSPS) is 31.6. The average Bonchev–Trinajstić information content (AvgIpc) is 2.65. The van der Waals surface area contributed by atoms with Gasteiger partial charge in [0.2, 0.25) is 12.1 Å². The van der Waals surface area contributed by atoms with Crippen LogP contribution in [0.5, 0.6) is 0 Å². The van der Waals surface area contributed by atoms with Crippen LogP contribution in [-0.4, -0.2) is 46.8 Å². The van der Waals surface area contributed by atoms with Crippen molar-refractivity contribution in [3.05, 3.63) is 12.2 Å². The molecule has 5 nitrogen and oxygen atoms in total. The lowest BCUT2D eigenvalue weighted by Gasteiger charge is -2.32. The van der Waals surface area contributed by atoms with Gasteiger partial charge in [0.25, 0.3) is 0 Å². The Morgan fingerprint density at radius 2 is 1.86 bits per heavy atom. The third-order valence-corrected chi connectivity index (χ3v) is 2.09. The van der Waals surface area contributed by atoms with Gasteiger partial charge in [-0.2, -0.15) is 0 Å². The molecule has 0 aromatic rings. The summed E-state index contributed by atoms with van der Waals surface area (Å²) in [5, 5.41) is 0. The molecule has 1 aliphatic heterocycles. The maximum absolute atomic E-state index is 5.49. The molecular weight excluding hydrogens is 188 g/mol. The molecule has 0 aromatic heterocycles. The van der Waals surface area contributed by atoms with Crippen LogP contribution >= 0.6 is 0 Å². The fraction of sp³-hybridized carbons (Fsp3) is 0.778. The van der Waals surface area contributed by atoms with Crippen molar-refractivity contribution in [2.45, 2.75) is 18.4 Å². The summed E-state index contributed by atoms with van der Waals surface area (Å²) in [5.74, 6) is -1.02. The lowest BCUT2D eigenvalue weighted by Crippen LogP contribution is -2.46. The standard InChI is InChI=1S/C9H16O5/c1-10-7-5-6-9(13-4,14-7)8(11-2)12-3/h5-8H,1-4H3/t7-,9+/m0/s1. The topological polar surface area (TPSA) is 46.2 Å². The molecule has 0 bridgehead atoms. The second kappa shape index (κ2) is 4.86. The van der Waals surface area contributed by atoms with Gasteiger partial charge in [-0.3, -0.25) is 0 Å². The largest absolute Gasteiger partial charge is 0.352 e. The predicted molar refractivity (Wildman–Crippen MR) is 48.6 cm³/mol. The van der Waals surface area contributed by atoms with E-state index in [1.807, 2.05) is 0 Å². The average molecular weight is 204 g/mol. The van der Waals surface area contributed by atoms with Crippen molar-refractivity contribution in [1.29, 1.82) is 0 Å². The van der Waals surface area contributed by atoms with Crippen LogP contribution < -0.4 is 0 Å². The number of ether oxygens (including phenoxy) is 5. The van der Waals surface area contributed by atoms with E-state index < -0.39 is 18.4 Å². The Bertz CT molecular complexity index is 201. The van der Waals surface area contributed by atoms with Gasteiger partial charge in [-0.05, 0) is 12.2 Å². The van der Waals surface area contributed by atoms with Gasteiger partial charge in [-0.25, -0.2) is 0 Å². The molecule has 14 heavy (non-hydrogen) atoms. The van der Waals surface area contributed by atoms with Crippen molar-refractivity contribution >= 4 is 0 Å². The first kappa shape index (κ1) is 11.6.